The Bertz CT molecular complexity index is 871. The molecule has 130 valence electrons. The largest absolute Gasteiger partial charge is 0.457 e. The molecule has 0 spiro atoms. The zero-order chi connectivity index (χ0) is 18.0. The van der Waals surface area contributed by atoms with E-state index < -0.39 is 5.60 Å². The van der Waals surface area contributed by atoms with Crippen molar-refractivity contribution in [1.29, 1.82) is 0 Å². The normalized spacial score (nSPS) is 11.6. The molecule has 2 aromatic heterocycles. The minimum atomic E-state index is -1.01. The van der Waals surface area contributed by atoms with Crippen LogP contribution in [0.3, 0.4) is 0 Å². The number of nitrogens with zero attached hydrogens (tertiary/aromatic N) is 5. The summed E-state index contributed by atoms with van der Waals surface area (Å²) in [7, 11) is 0. The van der Waals surface area contributed by atoms with E-state index in [1.165, 1.54) is 23.1 Å². The number of rotatable bonds is 5. The Morgan fingerprint density at radius 1 is 1.24 bits per heavy atom. The lowest BCUT2D eigenvalue weighted by molar-refractivity contribution is 0.0775. The molecule has 1 N–H and O–H groups in total. The standard InChI is InChI=1S/C17H18FN5O2/c1-11-14(18)5-4-6-15(11)23-9-13(21-22-23)10-25-16-19-7-12(8-20-16)17(2,3)24/h4-9,24H,10H2,1-3H3. The van der Waals surface area contributed by atoms with E-state index in [2.05, 4.69) is 20.3 Å². The van der Waals surface area contributed by atoms with Gasteiger partial charge in [-0.2, -0.15) is 0 Å². The molecular weight excluding hydrogens is 325 g/mol. The Hall–Kier alpha value is -2.87. The van der Waals surface area contributed by atoms with Crippen LogP contribution >= 0.6 is 0 Å². The van der Waals surface area contributed by atoms with Crippen LogP contribution in [0.25, 0.3) is 5.69 Å². The summed E-state index contributed by atoms with van der Waals surface area (Å²) >= 11 is 0. The number of ether oxygens (including phenoxy) is 1. The van der Waals surface area contributed by atoms with E-state index in [9.17, 15) is 9.50 Å². The summed E-state index contributed by atoms with van der Waals surface area (Å²) < 4.78 is 20.6. The van der Waals surface area contributed by atoms with E-state index in [-0.39, 0.29) is 18.4 Å². The highest BCUT2D eigenvalue weighted by atomic mass is 19.1. The molecule has 1 aromatic carbocycles. The third kappa shape index (κ3) is 3.80. The maximum absolute atomic E-state index is 13.6. The molecule has 0 aliphatic heterocycles. The van der Waals surface area contributed by atoms with Crippen molar-refractivity contribution in [3.63, 3.8) is 0 Å². The van der Waals surface area contributed by atoms with Crippen LogP contribution < -0.4 is 4.74 Å². The number of hydrogen-bond donors (Lipinski definition) is 1. The lowest BCUT2D eigenvalue weighted by Gasteiger charge is -2.16. The third-order valence-electron chi connectivity index (χ3n) is 3.71. The molecule has 0 aliphatic carbocycles. The molecule has 0 amide bonds. The number of benzene rings is 1. The van der Waals surface area contributed by atoms with Gasteiger partial charge in [-0.3, -0.25) is 0 Å². The van der Waals surface area contributed by atoms with Crippen molar-refractivity contribution >= 4 is 0 Å². The SMILES string of the molecule is Cc1c(F)cccc1-n1cc(COc2ncc(C(C)(C)O)cn2)nn1. The highest BCUT2D eigenvalue weighted by Crippen LogP contribution is 2.19. The van der Waals surface area contributed by atoms with E-state index in [0.717, 1.165) is 0 Å². The average Bonchev–Trinajstić information content (AvgIpc) is 3.04. The summed E-state index contributed by atoms with van der Waals surface area (Å²) in [4.78, 5) is 8.11. The van der Waals surface area contributed by atoms with E-state index in [1.54, 1.807) is 39.1 Å². The maximum atomic E-state index is 13.6. The Morgan fingerprint density at radius 2 is 1.96 bits per heavy atom. The van der Waals surface area contributed by atoms with Gasteiger partial charge in [0, 0.05) is 23.5 Å². The fourth-order valence-electron chi connectivity index (χ4n) is 2.17. The van der Waals surface area contributed by atoms with Crippen LogP contribution in [-0.2, 0) is 12.2 Å². The smallest absolute Gasteiger partial charge is 0.316 e. The van der Waals surface area contributed by atoms with Gasteiger partial charge in [-0.15, -0.1) is 5.10 Å². The molecule has 25 heavy (non-hydrogen) atoms. The van der Waals surface area contributed by atoms with Crippen molar-refractivity contribution in [3.8, 4) is 11.7 Å². The molecular formula is C17H18FN5O2. The monoisotopic (exact) mass is 343 g/mol. The molecule has 0 atom stereocenters. The lowest BCUT2D eigenvalue weighted by atomic mass is 10.0. The molecule has 7 nitrogen and oxygen atoms in total. The van der Waals surface area contributed by atoms with Crippen LogP contribution in [0, 0.1) is 12.7 Å². The van der Waals surface area contributed by atoms with Crippen LogP contribution in [-0.4, -0.2) is 30.1 Å². The molecule has 0 saturated carbocycles. The van der Waals surface area contributed by atoms with E-state index >= 15 is 0 Å². The van der Waals surface area contributed by atoms with Gasteiger partial charge >= 0.3 is 6.01 Å². The summed E-state index contributed by atoms with van der Waals surface area (Å²) in [5.41, 5.74) is 1.24. The topological polar surface area (TPSA) is 86.0 Å². The van der Waals surface area contributed by atoms with Gasteiger partial charge in [-0.05, 0) is 32.9 Å². The first-order chi connectivity index (χ1) is 11.8. The summed E-state index contributed by atoms with van der Waals surface area (Å²) in [5.74, 6) is -0.300. The van der Waals surface area contributed by atoms with Gasteiger partial charge < -0.3 is 9.84 Å². The van der Waals surface area contributed by atoms with Crippen LogP contribution in [0.2, 0.25) is 0 Å². The van der Waals surface area contributed by atoms with Crippen molar-refractivity contribution in [2.24, 2.45) is 0 Å². The number of halogens is 1. The van der Waals surface area contributed by atoms with E-state index in [1.807, 2.05) is 0 Å². The quantitative estimate of drug-likeness (QED) is 0.765. The van der Waals surface area contributed by atoms with Gasteiger partial charge in [0.1, 0.15) is 18.1 Å². The molecule has 2 heterocycles. The van der Waals surface area contributed by atoms with Crippen molar-refractivity contribution in [2.75, 3.05) is 0 Å². The molecule has 0 bridgehead atoms. The summed E-state index contributed by atoms with van der Waals surface area (Å²) in [6.45, 7) is 5.11. The van der Waals surface area contributed by atoms with Crippen LogP contribution in [0.5, 0.6) is 6.01 Å². The summed E-state index contributed by atoms with van der Waals surface area (Å²) in [5, 5.41) is 17.9. The van der Waals surface area contributed by atoms with Crippen molar-refractivity contribution in [3.05, 3.63) is 59.4 Å². The predicted molar refractivity (Wildman–Crippen MR) is 87.7 cm³/mol. The fraction of sp³-hybridized carbons (Fsp3) is 0.294. The summed E-state index contributed by atoms with van der Waals surface area (Å²) in [6.07, 6.45) is 4.68. The summed E-state index contributed by atoms with van der Waals surface area (Å²) in [6, 6.07) is 4.95. The molecule has 3 aromatic rings. The van der Waals surface area contributed by atoms with Crippen LogP contribution in [0.15, 0.2) is 36.8 Å². The van der Waals surface area contributed by atoms with Gasteiger partial charge in [0.15, 0.2) is 0 Å². The molecule has 8 heteroatoms. The van der Waals surface area contributed by atoms with E-state index in [4.69, 9.17) is 4.74 Å². The van der Waals surface area contributed by atoms with Gasteiger partial charge in [-0.1, -0.05) is 11.3 Å². The highest BCUT2D eigenvalue weighted by Gasteiger charge is 2.17. The Labute approximate surface area is 144 Å². The second-order valence-electron chi connectivity index (χ2n) is 6.14. The minimum Gasteiger partial charge on any atom is -0.457 e. The Kier molecular flexibility index (Phi) is 4.45. The van der Waals surface area contributed by atoms with Crippen molar-refractivity contribution in [2.45, 2.75) is 33.0 Å². The molecule has 0 saturated heterocycles. The number of aromatic nitrogens is 5. The average molecular weight is 343 g/mol. The first-order valence-electron chi connectivity index (χ1n) is 7.69. The molecule has 0 aliphatic rings. The molecule has 0 unspecified atom stereocenters. The first-order valence-corrected chi connectivity index (χ1v) is 7.69. The fourth-order valence-corrected chi connectivity index (χ4v) is 2.17. The van der Waals surface area contributed by atoms with Gasteiger partial charge in [0.25, 0.3) is 0 Å². The lowest BCUT2D eigenvalue weighted by Crippen LogP contribution is -2.16. The first kappa shape index (κ1) is 17.0. The zero-order valence-corrected chi connectivity index (χ0v) is 14.1. The molecule has 0 fully saturated rings. The Morgan fingerprint density at radius 3 is 2.64 bits per heavy atom. The second kappa shape index (κ2) is 6.56. The third-order valence-corrected chi connectivity index (χ3v) is 3.71. The predicted octanol–water partition coefficient (Wildman–Crippen LogP) is 2.31. The Balaban J connectivity index is 1.69. The zero-order valence-electron chi connectivity index (χ0n) is 14.1. The maximum Gasteiger partial charge on any atom is 0.316 e. The number of hydrogen-bond acceptors (Lipinski definition) is 6. The highest BCUT2D eigenvalue weighted by molar-refractivity contribution is 5.40. The number of aliphatic hydroxyl groups is 1. The van der Waals surface area contributed by atoms with Crippen LogP contribution in [0.4, 0.5) is 4.39 Å². The van der Waals surface area contributed by atoms with Gasteiger partial charge in [0.2, 0.25) is 0 Å². The van der Waals surface area contributed by atoms with Crippen molar-refractivity contribution < 1.29 is 14.2 Å². The van der Waals surface area contributed by atoms with Gasteiger partial charge in [0.05, 0.1) is 17.5 Å². The van der Waals surface area contributed by atoms with E-state index in [0.29, 0.717) is 22.5 Å². The molecule has 3 rings (SSSR count). The molecule has 0 radical (unpaired) electrons. The van der Waals surface area contributed by atoms with Crippen LogP contribution in [0.1, 0.15) is 30.7 Å². The second-order valence-corrected chi connectivity index (χ2v) is 6.14. The van der Waals surface area contributed by atoms with Gasteiger partial charge in [-0.25, -0.2) is 19.0 Å². The minimum absolute atomic E-state index is 0.121. The van der Waals surface area contributed by atoms with Crippen molar-refractivity contribution in [1.82, 2.24) is 25.0 Å².